The molecule has 1 saturated heterocycles. The summed E-state index contributed by atoms with van der Waals surface area (Å²) in [4.78, 5) is 24.3. The van der Waals surface area contributed by atoms with Crippen LogP contribution in [0.5, 0.6) is 0 Å². The van der Waals surface area contributed by atoms with Crippen LogP contribution >= 0.6 is 0 Å². The highest BCUT2D eigenvalue weighted by Crippen LogP contribution is 2.36. The smallest absolute Gasteiger partial charge is 0.253 e. The second kappa shape index (κ2) is 11.0. The average molecular weight is 508 g/mol. The van der Waals surface area contributed by atoms with Crippen LogP contribution in [0.1, 0.15) is 28.8 Å². The molecular formula is C30H33N7O. The van der Waals surface area contributed by atoms with Crippen LogP contribution in [0.15, 0.2) is 66.0 Å². The SMILES string of the molecule is Cc1c(N=CC=N)cc(Nc2cnccc2C(=O)NC2CCN(C)CC2)cc1-c1ccc2ccn(C)c2c1. The Morgan fingerprint density at radius 3 is 2.74 bits per heavy atom. The number of amides is 1. The van der Waals surface area contributed by atoms with Crippen LogP contribution in [-0.4, -0.2) is 59.0 Å². The molecule has 8 heteroatoms. The number of anilines is 2. The molecular weight excluding hydrogens is 474 g/mol. The molecule has 0 radical (unpaired) electrons. The number of nitrogens with zero attached hydrogens (tertiary/aromatic N) is 4. The van der Waals surface area contributed by atoms with Crippen LogP contribution in [0.4, 0.5) is 17.1 Å². The zero-order chi connectivity index (χ0) is 26.6. The number of fused-ring (bicyclic) bond motifs is 1. The molecule has 8 nitrogen and oxygen atoms in total. The van der Waals surface area contributed by atoms with Crippen molar-refractivity contribution in [3.8, 4) is 11.1 Å². The van der Waals surface area contributed by atoms with E-state index in [0.717, 1.165) is 59.5 Å². The first-order chi connectivity index (χ1) is 18.4. The van der Waals surface area contributed by atoms with Gasteiger partial charge >= 0.3 is 0 Å². The van der Waals surface area contributed by atoms with Crippen molar-refractivity contribution in [2.24, 2.45) is 12.0 Å². The molecule has 1 aliphatic heterocycles. The van der Waals surface area contributed by atoms with Crippen molar-refractivity contribution in [2.45, 2.75) is 25.8 Å². The topological polar surface area (TPSA) is 98.4 Å². The molecule has 38 heavy (non-hydrogen) atoms. The lowest BCUT2D eigenvalue weighted by molar-refractivity contribution is 0.0917. The van der Waals surface area contributed by atoms with Crippen molar-refractivity contribution in [1.82, 2.24) is 19.8 Å². The van der Waals surface area contributed by atoms with Gasteiger partial charge in [-0.3, -0.25) is 14.8 Å². The van der Waals surface area contributed by atoms with Gasteiger partial charge in [-0.1, -0.05) is 12.1 Å². The molecule has 2 aromatic heterocycles. The number of pyridine rings is 1. The summed E-state index contributed by atoms with van der Waals surface area (Å²) in [7, 11) is 4.15. The number of hydrogen-bond donors (Lipinski definition) is 3. The summed E-state index contributed by atoms with van der Waals surface area (Å²) in [5.74, 6) is -0.104. The molecule has 1 fully saturated rings. The summed E-state index contributed by atoms with van der Waals surface area (Å²) in [6.07, 6.45) is 9.90. The molecule has 0 spiro atoms. The van der Waals surface area contributed by atoms with E-state index in [1.807, 2.05) is 20.0 Å². The van der Waals surface area contributed by atoms with E-state index >= 15 is 0 Å². The average Bonchev–Trinajstić information content (AvgIpc) is 3.30. The molecule has 0 unspecified atom stereocenters. The second-order valence-electron chi connectivity index (χ2n) is 9.91. The van der Waals surface area contributed by atoms with Crippen LogP contribution in [0.25, 0.3) is 22.0 Å². The maximum absolute atomic E-state index is 13.2. The Balaban J connectivity index is 1.49. The van der Waals surface area contributed by atoms with Gasteiger partial charge in [-0.25, -0.2) is 0 Å². The van der Waals surface area contributed by atoms with E-state index in [2.05, 4.69) is 73.7 Å². The minimum Gasteiger partial charge on any atom is -0.354 e. The zero-order valence-corrected chi connectivity index (χ0v) is 22.0. The minimum absolute atomic E-state index is 0.104. The Bertz CT molecular complexity index is 1510. The number of piperidine rings is 1. The first kappa shape index (κ1) is 25.4. The highest BCUT2D eigenvalue weighted by atomic mass is 16.1. The maximum Gasteiger partial charge on any atom is 0.253 e. The lowest BCUT2D eigenvalue weighted by Crippen LogP contribution is -2.43. The Labute approximate surface area is 222 Å². The van der Waals surface area contributed by atoms with E-state index in [4.69, 9.17) is 5.41 Å². The lowest BCUT2D eigenvalue weighted by Gasteiger charge is -2.29. The van der Waals surface area contributed by atoms with Gasteiger partial charge in [-0.2, -0.15) is 0 Å². The standard InChI is InChI=1S/C30H33N7O/c1-20-26(22-5-4-21-7-15-37(3)29(21)16-22)17-24(18-27(20)33-12-10-31)34-28-19-32-11-6-25(28)30(38)35-23-8-13-36(2)14-9-23/h4-7,10-12,15-19,23,31,34H,8-9,13-14H2,1-3H3,(H,35,38). The van der Waals surface area contributed by atoms with Gasteiger partial charge in [0.1, 0.15) is 0 Å². The molecule has 0 bridgehead atoms. The number of aromatic nitrogens is 2. The van der Waals surface area contributed by atoms with E-state index in [9.17, 15) is 4.79 Å². The molecule has 194 valence electrons. The quantitative estimate of drug-likeness (QED) is 0.289. The third kappa shape index (κ3) is 5.35. The number of carbonyl (C=O) groups excluding carboxylic acids is 1. The largest absolute Gasteiger partial charge is 0.354 e. The van der Waals surface area contributed by atoms with Crippen LogP contribution in [-0.2, 0) is 7.05 Å². The number of likely N-dealkylation sites (tertiary alicyclic amines) is 1. The minimum atomic E-state index is -0.104. The van der Waals surface area contributed by atoms with E-state index in [1.165, 1.54) is 17.8 Å². The Morgan fingerprint density at radius 1 is 1.13 bits per heavy atom. The Kier molecular flexibility index (Phi) is 7.33. The van der Waals surface area contributed by atoms with E-state index in [0.29, 0.717) is 11.3 Å². The number of aryl methyl sites for hydroxylation is 1. The molecule has 5 rings (SSSR count). The molecule has 3 heterocycles. The monoisotopic (exact) mass is 507 g/mol. The summed E-state index contributed by atoms with van der Waals surface area (Å²) < 4.78 is 2.11. The van der Waals surface area contributed by atoms with Gasteiger partial charge in [-0.15, -0.1) is 0 Å². The summed E-state index contributed by atoms with van der Waals surface area (Å²) >= 11 is 0. The second-order valence-corrected chi connectivity index (χ2v) is 9.91. The van der Waals surface area contributed by atoms with Gasteiger partial charge in [0, 0.05) is 49.1 Å². The van der Waals surface area contributed by atoms with Crippen molar-refractivity contribution in [2.75, 3.05) is 25.5 Å². The highest BCUT2D eigenvalue weighted by molar-refractivity contribution is 6.15. The molecule has 4 aromatic rings. The highest BCUT2D eigenvalue weighted by Gasteiger charge is 2.21. The van der Waals surface area contributed by atoms with E-state index in [1.54, 1.807) is 18.5 Å². The van der Waals surface area contributed by atoms with E-state index in [-0.39, 0.29) is 11.9 Å². The third-order valence-corrected chi connectivity index (χ3v) is 7.27. The summed E-state index contributed by atoms with van der Waals surface area (Å²) in [6, 6.07) is 14.4. The molecule has 0 saturated carbocycles. The molecule has 3 N–H and O–H groups in total. The normalized spacial score (nSPS) is 14.7. The fourth-order valence-corrected chi connectivity index (χ4v) is 5.02. The summed E-state index contributed by atoms with van der Waals surface area (Å²) in [5, 5.41) is 15.2. The first-order valence-corrected chi connectivity index (χ1v) is 12.9. The van der Waals surface area contributed by atoms with Crippen LogP contribution in [0, 0.1) is 12.3 Å². The van der Waals surface area contributed by atoms with Crippen molar-refractivity contribution in [3.63, 3.8) is 0 Å². The molecule has 0 aliphatic carbocycles. The van der Waals surface area contributed by atoms with Gasteiger partial charge in [0.2, 0.25) is 0 Å². The fourth-order valence-electron chi connectivity index (χ4n) is 5.02. The van der Waals surface area contributed by atoms with Crippen molar-refractivity contribution >= 4 is 46.3 Å². The predicted octanol–water partition coefficient (Wildman–Crippen LogP) is 5.47. The maximum atomic E-state index is 13.2. The number of carbonyl (C=O) groups is 1. The van der Waals surface area contributed by atoms with E-state index < -0.39 is 0 Å². The van der Waals surface area contributed by atoms with Gasteiger partial charge < -0.3 is 25.5 Å². The number of benzene rings is 2. The Hall–Kier alpha value is -4.30. The van der Waals surface area contributed by atoms with Gasteiger partial charge in [-0.05, 0) is 92.3 Å². The van der Waals surface area contributed by atoms with Gasteiger partial charge in [0.25, 0.3) is 5.91 Å². The van der Waals surface area contributed by atoms with Gasteiger partial charge in [0.15, 0.2) is 0 Å². The van der Waals surface area contributed by atoms with Crippen molar-refractivity contribution < 1.29 is 4.79 Å². The third-order valence-electron chi connectivity index (χ3n) is 7.27. The molecule has 1 amide bonds. The van der Waals surface area contributed by atoms with Crippen LogP contribution in [0.2, 0.25) is 0 Å². The van der Waals surface area contributed by atoms with Crippen molar-refractivity contribution in [1.29, 1.82) is 5.41 Å². The number of rotatable bonds is 7. The molecule has 1 aliphatic rings. The fraction of sp³-hybridized carbons (Fsp3) is 0.267. The van der Waals surface area contributed by atoms with Crippen molar-refractivity contribution in [3.05, 3.63) is 72.2 Å². The molecule has 0 atom stereocenters. The zero-order valence-electron chi connectivity index (χ0n) is 22.0. The van der Waals surface area contributed by atoms with Crippen LogP contribution in [0.3, 0.4) is 0 Å². The summed E-state index contributed by atoms with van der Waals surface area (Å²) in [6.45, 7) is 3.99. The van der Waals surface area contributed by atoms with Gasteiger partial charge in [0.05, 0.1) is 23.1 Å². The molecule has 2 aromatic carbocycles. The Morgan fingerprint density at radius 2 is 1.95 bits per heavy atom. The summed E-state index contributed by atoms with van der Waals surface area (Å²) in [5.41, 5.74) is 6.97. The number of hydrogen-bond acceptors (Lipinski definition) is 6. The first-order valence-electron chi connectivity index (χ1n) is 12.9. The lowest BCUT2D eigenvalue weighted by atomic mass is 9.97. The number of nitrogens with one attached hydrogen (secondary N) is 3. The predicted molar refractivity (Wildman–Crippen MR) is 156 cm³/mol. The number of aliphatic imine (C=N–C) groups is 1. The van der Waals surface area contributed by atoms with Crippen LogP contribution < -0.4 is 10.6 Å².